The zero-order valence-corrected chi connectivity index (χ0v) is 10.5. The molecule has 0 radical (unpaired) electrons. The van der Waals surface area contributed by atoms with Gasteiger partial charge in [0.25, 0.3) is 0 Å². The fourth-order valence-corrected chi connectivity index (χ4v) is 1.88. The van der Waals surface area contributed by atoms with Crippen LogP contribution in [-0.4, -0.2) is 18.2 Å². The number of carbonyl (C=O) groups is 2. The molecule has 106 valence electrons. The van der Waals surface area contributed by atoms with Gasteiger partial charge in [-0.05, 0) is 6.08 Å². The van der Waals surface area contributed by atoms with E-state index in [-0.39, 0.29) is 18.7 Å². The van der Waals surface area contributed by atoms with Gasteiger partial charge in [0.15, 0.2) is 23.2 Å². The number of carbonyl (C=O) groups excluding carboxylic acids is 2. The Bertz CT molecular complexity index is 614. The Morgan fingerprint density at radius 2 is 2.00 bits per heavy atom. The molecule has 0 fully saturated rings. The first-order valence-corrected chi connectivity index (χ1v) is 5.83. The number of halogens is 3. The minimum Gasteiger partial charge on any atom is -0.343 e. The molecule has 0 saturated carbocycles. The molecule has 1 amide bonds. The maximum Gasteiger partial charge on any atom is 0.221 e. The molecule has 4 nitrogen and oxygen atoms in total. The van der Waals surface area contributed by atoms with Crippen LogP contribution in [0.2, 0.25) is 0 Å². The van der Waals surface area contributed by atoms with E-state index in [1.165, 1.54) is 12.3 Å². The van der Waals surface area contributed by atoms with E-state index in [0.29, 0.717) is 6.07 Å². The minimum atomic E-state index is -1.41. The number of hydrogen-bond donors (Lipinski definition) is 1. The Morgan fingerprint density at radius 3 is 2.55 bits per heavy atom. The molecule has 1 heterocycles. The number of allylic oxidation sites excluding steroid dienone is 1. The monoisotopic (exact) mass is 284 g/mol. The van der Waals surface area contributed by atoms with Crippen LogP contribution in [0.1, 0.15) is 13.3 Å². The quantitative estimate of drug-likeness (QED) is 0.848. The standard InChI is InChI=1S/C13H11F3N2O2/c1-7(19)17-10-6-9(14)13(12(16)11(10)15)18-4-2-8(20)3-5-18/h2,4,6H,3,5H2,1H3,(H,17,19). The Kier molecular flexibility index (Phi) is 3.78. The van der Waals surface area contributed by atoms with Crippen LogP contribution in [0.3, 0.4) is 0 Å². The molecule has 1 aliphatic rings. The molecular weight excluding hydrogens is 273 g/mol. The predicted octanol–water partition coefficient (Wildman–Crippen LogP) is 2.36. The first-order chi connectivity index (χ1) is 9.40. The van der Waals surface area contributed by atoms with E-state index < -0.39 is 34.7 Å². The number of ketones is 1. The van der Waals surface area contributed by atoms with Crippen LogP contribution in [-0.2, 0) is 9.59 Å². The maximum absolute atomic E-state index is 13.9. The van der Waals surface area contributed by atoms with Crippen molar-refractivity contribution in [2.45, 2.75) is 13.3 Å². The number of anilines is 2. The molecule has 1 aromatic carbocycles. The Labute approximate surface area is 112 Å². The molecule has 0 bridgehead atoms. The molecule has 0 spiro atoms. The van der Waals surface area contributed by atoms with E-state index in [2.05, 4.69) is 0 Å². The van der Waals surface area contributed by atoms with E-state index in [1.54, 1.807) is 0 Å². The summed E-state index contributed by atoms with van der Waals surface area (Å²) in [6, 6.07) is 0.708. The lowest BCUT2D eigenvalue weighted by atomic mass is 10.1. The van der Waals surface area contributed by atoms with Gasteiger partial charge in [-0.2, -0.15) is 0 Å². The zero-order valence-electron chi connectivity index (χ0n) is 10.5. The van der Waals surface area contributed by atoms with Gasteiger partial charge in [0.1, 0.15) is 5.69 Å². The summed E-state index contributed by atoms with van der Waals surface area (Å²) in [6.45, 7) is 1.16. The van der Waals surface area contributed by atoms with E-state index in [9.17, 15) is 22.8 Å². The Morgan fingerprint density at radius 1 is 1.30 bits per heavy atom. The second kappa shape index (κ2) is 5.36. The van der Waals surface area contributed by atoms with Crippen LogP contribution >= 0.6 is 0 Å². The van der Waals surface area contributed by atoms with Crippen LogP contribution < -0.4 is 10.2 Å². The average Bonchev–Trinajstić information content (AvgIpc) is 2.37. The summed E-state index contributed by atoms with van der Waals surface area (Å²) in [7, 11) is 0. The van der Waals surface area contributed by atoms with Crippen molar-refractivity contribution in [1.29, 1.82) is 0 Å². The first kappa shape index (κ1) is 14.1. The fraction of sp³-hybridized carbons (Fsp3) is 0.231. The summed E-state index contributed by atoms with van der Waals surface area (Å²) < 4.78 is 41.6. The molecule has 1 aromatic rings. The van der Waals surface area contributed by atoms with Gasteiger partial charge in [0.05, 0.1) is 5.69 Å². The molecule has 1 aliphatic heterocycles. The van der Waals surface area contributed by atoms with Gasteiger partial charge in [-0.1, -0.05) is 0 Å². The van der Waals surface area contributed by atoms with Crippen molar-refractivity contribution < 1.29 is 22.8 Å². The summed E-state index contributed by atoms with van der Waals surface area (Å²) in [6.07, 6.45) is 2.46. The van der Waals surface area contributed by atoms with Gasteiger partial charge in [0.2, 0.25) is 5.91 Å². The number of nitrogens with one attached hydrogen (secondary N) is 1. The smallest absolute Gasteiger partial charge is 0.221 e. The highest BCUT2D eigenvalue weighted by molar-refractivity contribution is 5.92. The Balaban J connectivity index is 2.45. The first-order valence-electron chi connectivity index (χ1n) is 5.83. The molecule has 0 unspecified atom stereocenters. The molecule has 0 atom stereocenters. The molecule has 2 rings (SSSR count). The van der Waals surface area contributed by atoms with Crippen LogP contribution in [0, 0.1) is 17.5 Å². The third-order valence-corrected chi connectivity index (χ3v) is 2.77. The van der Waals surface area contributed by atoms with Crippen molar-refractivity contribution in [3.05, 3.63) is 35.8 Å². The number of amides is 1. The number of benzene rings is 1. The van der Waals surface area contributed by atoms with Crippen LogP contribution in [0.5, 0.6) is 0 Å². The van der Waals surface area contributed by atoms with E-state index in [4.69, 9.17) is 0 Å². The third-order valence-electron chi connectivity index (χ3n) is 2.77. The van der Waals surface area contributed by atoms with Gasteiger partial charge < -0.3 is 10.2 Å². The summed E-state index contributed by atoms with van der Waals surface area (Å²) in [5, 5.41) is 2.01. The largest absolute Gasteiger partial charge is 0.343 e. The van der Waals surface area contributed by atoms with Crippen LogP contribution in [0.15, 0.2) is 18.3 Å². The van der Waals surface area contributed by atoms with Gasteiger partial charge >= 0.3 is 0 Å². The Hall–Kier alpha value is -2.31. The van der Waals surface area contributed by atoms with Gasteiger partial charge in [-0.25, -0.2) is 13.2 Å². The SMILES string of the molecule is CC(=O)Nc1cc(F)c(N2C=CC(=O)CC2)c(F)c1F. The van der Waals surface area contributed by atoms with Crippen molar-refractivity contribution in [2.75, 3.05) is 16.8 Å². The third kappa shape index (κ3) is 2.66. The molecule has 20 heavy (non-hydrogen) atoms. The molecule has 0 aliphatic carbocycles. The van der Waals surface area contributed by atoms with Gasteiger partial charge in [-0.3, -0.25) is 9.59 Å². The molecule has 7 heteroatoms. The fourth-order valence-electron chi connectivity index (χ4n) is 1.88. The van der Waals surface area contributed by atoms with E-state index in [1.807, 2.05) is 5.32 Å². The van der Waals surface area contributed by atoms with Crippen molar-refractivity contribution >= 4 is 23.1 Å². The van der Waals surface area contributed by atoms with Crippen molar-refractivity contribution in [3.63, 3.8) is 0 Å². The number of hydrogen-bond acceptors (Lipinski definition) is 3. The summed E-state index contributed by atoms with van der Waals surface area (Å²) in [5.74, 6) is -4.59. The van der Waals surface area contributed by atoms with Crippen molar-refractivity contribution in [2.24, 2.45) is 0 Å². The van der Waals surface area contributed by atoms with Crippen LogP contribution in [0.4, 0.5) is 24.5 Å². The summed E-state index contributed by atoms with van der Waals surface area (Å²) in [4.78, 5) is 23.0. The lowest BCUT2D eigenvalue weighted by molar-refractivity contribution is -0.115. The number of nitrogens with zero attached hydrogens (tertiary/aromatic N) is 1. The predicted molar refractivity (Wildman–Crippen MR) is 66.7 cm³/mol. The molecule has 0 saturated heterocycles. The average molecular weight is 284 g/mol. The van der Waals surface area contributed by atoms with E-state index >= 15 is 0 Å². The lowest BCUT2D eigenvalue weighted by Gasteiger charge is -2.24. The highest BCUT2D eigenvalue weighted by atomic mass is 19.2. The molecular formula is C13H11F3N2O2. The van der Waals surface area contributed by atoms with E-state index in [0.717, 1.165) is 11.8 Å². The molecule has 1 N–H and O–H groups in total. The summed E-state index contributed by atoms with van der Waals surface area (Å²) in [5.41, 5.74) is -1.14. The van der Waals surface area contributed by atoms with Crippen molar-refractivity contribution in [3.8, 4) is 0 Å². The van der Waals surface area contributed by atoms with Gasteiger partial charge in [0, 0.05) is 32.2 Å². The zero-order chi connectivity index (χ0) is 14.9. The minimum absolute atomic E-state index is 0.0576. The summed E-state index contributed by atoms with van der Waals surface area (Å²) >= 11 is 0. The molecule has 0 aromatic heterocycles. The second-order valence-corrected chi connectivity index (χ2v) is 4.29. The van der Waals surface area contributed by atoms with Crippen molar-refractivity contribution in [1.82, 2.24) is 0 Å². The normalized spacial score (nSPS) is 14.6. The highest BCUT2D eigenvalue weighted by Gasteiger charge is 2.24. The maximum atomic E-state index is 13.9. The van der Waals surface area contributed by atoms with Gasteiger partial charge in [-0.15, -0.1) is 0 Å². The lowest BCUT2D eigenvalue weighted by Crippen LogP contribution is -2.26. The topological polar surface area (TPSA) is 49.4 Å². The highest BCUT2D eigenvalue weighted by Crippen LogP contribution is 2.31. The number of rotatable bonds is 2. The van der Waals surface area contributed by atoms with Crippen LogP contribution in [0.25, 0.3) is 0 Å². The second-order valence-electron chi connectivity index (χ2n) is 4.29.